The van der Waals surface area contributed by atoms with E-state index in [2.05, 4.69) is 21.2 Å². The normalized spacial score (nSPS) is 12.2. The zero-order chi connectivity index (χ0) is 12.8. The molecule has 1 unspecified atom stereocenters. The molecule has 1 N–H and O–H groups in total. The summed E-state index contributed by atoms with van der Waals surface area (Å²) in [6.45, 7) is 2.58. The minimum atomic E-state index is -0.594. The Kier molecular flexibility index (Phi) is 5.92. The highest BCUT2D eigenvalue weighted by atomic mass is 79.9. The maximum absolute atomic E-state index is 13.4. The average molecular weight is 323 g/mol. The van der Waals surface area contributed by atoms with Gasteiger partial charge in [-0.05, 0) is 31.0 Å². The van der Waals surface area contributed by atoms with Gasteiger partial charge in [0.2, 0.25) is 0 Å². The molecule has 0 aromatic heterocycles. The molecule has 1 atom stereocenters. The minimum Gasteiger partial charge on any atom is -0.352 e. The quantitative estimate of drug-likeness (QED) is 0.649. The van der Waals surface area contributed by atoms with Crippen LogP contribution in [-0.4, -0.2) is 17.3 Å². The molecule has 0 spiro atoms. The number of benzene rings is 1. The summed E-state index contributed by atoms with van der Waals surface area (Å²) in [6, 6.07) is 4.03. The van der Waals surface area contributed by atoms with Crippen LogP contribution < -0.4 is 5.32 Å². The molecular formula is C12H14BrClFNO. The lowest BCUT2D eigenvalue weighted by Crippen LogP contribution is -2.25. The van der Waals surface area contributed by atoms with Gasteiger partial charge in [0.05, 0.1) is 5.56 Å². The molecule has 0 aliphatic rings. The summed E-state index contributed by atoms with van der Waals surface area (Å²) in [5.74, 6) is -0.995. The Bertz CT molecular complexity index is 398. The number of amides is 1. The summed E-state index contributed by atoms with van der Waals surface area (Å²) in [4.78, 5) is 12.0. The summed E-state index contributed by atoms with van der Waals surface area (Å²) in [5.41, 5.74) is 0.0290. The minimum absolute atomic E-state index is 0.0290. The van der Waals surface area contributed by atoms with Gasteiger partial charge in [-0.1, -0.05) is 34.5 Å². The van der Waals surface area contributed by atoms with Gasteiger partial charge in [0, 0.05) is 16.4 Å². The molecule has 0 saturated heterocycles. The molecule has 94 valence electrons. The number of hydrogen-bond donors (Lipinski definition) is 1. The van der Waals surface area contributed by atoms with E-state index in [-0.39, 0.29) is 10.6 Å². The maximum Gasteiger partial charge on any atom is 0.254 e. The van der Waals surface area contributed by atoms with Crippen molar-refractivity contribution in [2.45, 2.75) is 24.6 Å². The number of carbonyl (C=O) groups excluding carboxylic acids is 1. The molecule has 17 heavy (non-hydrogen) atoms. The standard InChI is InChI=1S/C12H14BrClFNO/c1-8(13)3-2-6-16-12(17)10-5-4-9(14)7-11(10)15/h4-5,7-8H,2-3,6H2,1H3,(H,16,17). The predicted molar refractivity (Wildman–Crippen MR) is 71.4 cm³/mol. The number of alkyl halides is 1. The third kappa shape index (κ3) is 5.04. The highest BCUT2D eigenvalue weighted by Gasteiger charge is 2.11. The van der Waals surface area contributed by atoms with Gasteiger partial charge in [-0.2, -0.15) is 0 Å². The highest BCUT2D eigenvalue weighted by Crippen LogP contribution is 2.14. The zero-order valence-electron chi connectivity index (χ0n) is 9.47. The summed E-state index contributed by atoms with van der Waals surface area (Å²) < 4.78 is 13.4. The second-order valence-corrected chi connectivity index (χ2v) is 5.80. The number of halogens is 3. The lowest BCUT2D eigenvalue weighted by Gasteiger charge is -2.07. The first-order chi connectivity index (χ1) is 8.00. The summed E-state index contributed by atoms with van der Waals surface area (Å²) in [6.07, 6.45) is 1.82. The molecule has 5 heteroatoms. The van der Waals surface area contributed by atoms with Crippen molar-refractivity contribution in [3.05, 3.63) is 34.6 Å². The third-order valence-electron chi connectivity index (χ3n) is 2.24. The summed E-state index contributed by atoms with van der Waals surface area (Å²) >= 11 is 9.03. The maximum atomic E-state index is 13.4. The second-order valence-electron chi connectivity index (χ2n) is 3.80. The Morgan fingerprint density at radius 3 is 2.88 bits per heavy atom. The van der Waals surface area contributed by atoms with Crippen LogP contribution in [0, 0.1) is 5.82 Å². The predicted octanol–water partition coefficient (Wildman–Crippen LogP) is 3.77. The molecule has 0 radical (unpaired) electrons. The van der Waals surface area contributed by atoms with Gasteiger partial charge in [0.1, 0.15) is 5.82 Å². The Morgan fingerprint density at radius 1 is 1.59 bits per heavy atom. The van der Waals surface area contributed by atoms with Gasteiger partial charge in [-0.25, -0.2) is 4.39 Å². The van der Waals surface area contributed by atoms with E-state index in [1.54, 1.807) is 0 Å². The van der Waals surface area contributed by atoms with Crippen LogP contribution in [0.15, 0.2) is 18.2 Å². The van der Waals surface area contributed by atoms with E-state index in [0.29, 0.717) is 11.4 Å². The van der Waals surface area contributed by atoms with Crippen molar-refractivity contribution < 1.29 is 9.18 Å². The first-order valence-electron chi connectivity index (χ1n) is 5.38. The van der Waals surface area contributed by atoms with Gasteiger partial charge < -0.3 is 5.32 Å². The van der Waals surface area contributed by atoms with E-state index in [4.69, 9.17) is 11.6 Å². The first-order valence-corrected chi connectivity index (χ1v) is 6.67. The first kappa shape index (κ1) is 14.5. The molecule has 0 fully saturated rings. The van der Waals surface area contributed by atoms with E-state index < -0.39 is 11.7 Å². The fourth-order valence-electron chi connectivity index (χ4n) is 1.35. The van der Waals surface area contributed by atoms with E-state index in [1.165, 1.54) is 12.1 Å². The fraction of sp³-hybridized carbons (Fsp3) is 0.417. The van der Waals surface area contributed by atoms with Gasteiger partial charge in [0.25, 0.3) is 5.91 Å². The summed E-state index contributed by atoms with van der Waals surface area (Å²) in [7, 11) is 0. The largest absolute Gasteiger partial charge is 0.352 e. The topological polar surface area (TPSA) is 29.1 Å². The Labute approximate surface area is 114 Å². The number of hydrogen-bond acceptors (Lipinski definition) is 1. The van der Waals surface area contributed by atoms with Crippen molar-refractivity contribution >= 4 is 33.4 Å². The van der Waals surface area contributed by atoms with E-state index in [9.17, 15) is 9.18 Å². The third-order valence-corrected chi connectivity index (χ3v) is 2.93. The Balaban J connectivity index is 2.47. The summed E-state index contributed by atoms with van der Waals surface area (Å²) in [5, 5.41) is 2.96. The van der Waals surface area contributed by atoms with Gasteiger partial charge in [0.15, 0.2) is 0 Å². The van der Waals surface area contributed by atoms with Crippen LogP contribution in [0.3, 0.4) is 0 Å². The van der Waals surface area contributed by atoms with E-state index >= 15 is 0 Å². The molecule has 0 saturated carbocycles. The molecule has 1 rings (SSSR count). The average Bonchev–Trinajstić information content (AvgIpc) is 2.23. The van der Waals surface area contributed by atoms with Crippen LogP contribution in [0.4, 0.5) is 4.39 Å². The van der Waals surface area contributed by atoms with Crippen molar-refractivity contribution in [3.8, 4) is 0 Å². The number of rotatable bonds is 5. The molecule has 0 aliphatic heterocycles. The zero-order valence-corrected chi connectivity index (χ0v) is 11.8. The van der Waals surface area contributed by atoms with Gasteiger partial charge in [-0.3, -0.25) is 4.79 Å². The molecule has 1 aromatic carbocycles. The van der Waals surface area contributed by atoms with E-state index in [0.717, 1.165) is 18.9 Å². The SMILES string of the molecule is CC(Br)CCCNC(=O)c1ccc(Cl)cc1F. The highest BCUT2D eigenvalue weighted by molar-refractivity contribution is 9.09. The Hall–Kier alpha value is -0.610. The Morgan fingerprint density at radius 2 is 2.29 bits per heavy atom. The fourth-order valence-corrected chi connectivity index (χ4v) is 1.84. The van der Waals surface area contributed by atoms with Crippen molar-refractivity contribution in [3.63, 3.8) is 0 Å². The van der Waals surface area contributed by atoms with Gasteiger partial charge in [-0.15, -0.1) is 0 Å². The lowest BCUT2D eigenvalue weighted by atomic mass is 10.2. The van der Waals surface area contributed by atoms with Crippen molar-refractivity contribution in [2.75, 3.05) is 6.54 Å². The van der Waals surface area contributed by atoms with Crippen LogP contribution in [0.25, 0.3) is 0 Å². The van der Waals surface area contributed by atoms with Crippen molar-refractivity contribution in [1.82, 2.24) is 5.32 Å². The molecule has 0 bridgehead atoms. The molecule has 0 heterocycles. The molecule has 2 nitrogen and oxygen atoms in total. The van der Waals surface area contributed by atoms with Crippen molar-refractivity contribution in [1.29, 1.82) is 0 Å². The molecule has 0 aliphatic carbocycles. The van der Waals surface area contributed by atoms with Crippen LogP contribution in [0.2, 0.25) is 5.02 Å². The van der Waals surface area contributed by atoms with Crippen LogP contribution in [0.1, 0.15) is 30.1 Å². The van der Waals surface area contributed by atoms with Crippen LogP contribution in [-0.2, 0) is 0 Å². The van der Waals surface area contributed by atoms with Crippen molar-refractivity contribution in [2.24, 2.45) is 0 Å². The van der Waals surface area contributed by atoms with Crippen LogP contribution in [0.5, 0.6) is 0 Å². The number of nitrogens with one attached hydrogen (secondary N) is 1. The smallest absolute Gasteiger partial charge is 0.254 e. The lowest BCUT2D eigenvalue weighted by molar-refractivity contribution is 0.0949. The van der Waals surface area contributed by atoms with Crippen LogP contribution >= 0.6 is 27.5 Å². The molecule has 1 amide bonds. The molecule has 1 aromatic rings. The number of carbonyl (C=O) groups is 1. The van der Waals surface area contributed by atoms with Gasteiger partial charge >= 0.3 is 0 Å². The second kappa shape index (κ2) is 6.97. The monoisotopic (exact) mass is 321 g/mol. The van der Waals surface area contributed by atoms with E-state index in [1.807, 2.05) is 6.92 Å². The molecular weight excluding hydrogens is 308 g/mol.